The van der Waals surface area contributed by atoms with Gasteiger partial charge in [0.2, 0.25) is 0 Å². The van der Waals surface area contributed by atoms with E-state index in [9.17, 15) is 4.79 Å². The van der Waals surface area contributed by atoms with Crippen molar-refractivity contribution in [2.45, 2.75) is 13.1 Å². The smallest absolute Gasteiger partial charge is 0.317 e. The first kappa shape index (κ1) is 17.3. The summed E-state index contributed by atoms with van der Waals surface area (Å²) >= 11 is 0. The fraction of sp³-hybridized carbons (Fsp3) is 0.350. The molecule has 1 heterocycles. The first-order valence-corrected chi connectivity index (χ1v) is 8.66. The van der Waals surface area contributed by atoms with E-state index in [1.54, 1.807) is 7.11 Å². The van der Waals surface area contributed by atoms with Crippen LogP contribution in [0.5, 0.6) is 5.75 Å². The molecule has 0 aromatic heterocycles. The topological polar surface area (TPSA) is 44.8 Å². The predicted molar refractivity (Wildman–Crippen MR) is 98.5 cm³/mol. The van der Waals surface area contributed by atoms with Crippen LogP contribution in [0.2, 0.25) is 0 Å². The van der Waals surface area contributed by atoms with Gasteiger partial charge in [-0.05, 0) is 23.3 Å². The summed E-state index contributed by atoms with van der Waals surface area (Å²) in [6, 6.07) is 18.2. The Morgan fingerprint density at radius 3 is 2.28 bits per heavy atom. The fourth-order valence-corrected chi connectivity index (χ4v) is 2.98. The van der Waals surface area contributed by atoms with Crippen LogP contribution in [0.1, 0.15) is 11.1 Å². The van der Waals surface area contributed by atoms with Crippen LogP contribution < -0.4 is 10.1 Å². The number of benzene rings is 2. The van der Waals surface area contributed by atoms with Gasteiger partial charge in [0.15, 0.2) is 0 Å². The van der Waals surface area contributed by atoms with Gasteiger partial charge in [0.05, 0.1) is 7.11 Å². The third kappa shape index (κ3) is 4.97. The monoisotopic (exact) mass is 339 g/mol. The van der Waals surface area contributed by atoms with Crippen molar-refractivity contribution in [1.29, 1.82) is 0 Å². The van der Waals surface area contributed by atoms with Crippen molar-refractivity contribution in [2.24, 2.45) is 0 Å². The maximum Gasteiger partial charge on any atom is 0.317 e. The van der Waals surface area contributed by atoms with Crippen LogP contribution in [-0.4, -0.2) is 49.1 Å². The van der Waals surface area contributed by atoms with E-state index >= 15 is 0 Å². The highest BCUT2D eigenvalue weighted by Crippen LogP contribution is 2.12. The molecule has 2 amide bonds. The lowest BCUT2D eigenvalue weighted by Gasteiger charge is -2.34. The zero-order chi connectivity index (χ0) is 17.5. The molecule has 0 spiro atoms. The second kappa shape index (κ2) is 8.53. The van der Waals surface area contributed by atoms with E-state index in [2.05, 4.69) is 34.5 Å². The molecule has 0 atom stereocenters. The number of carbonyl (C=O) groups is 1. The highest BCUT2D eigenvalue weighted by atomic mass is 16.5. The summed E-state index contributed by atoms with van der Waals surface area (Å²) in [7, 11) is 1.65. The fourth-order valence-electron chi connectivity index (χ4n) is 2.98. The summed E-state index contributed by atoms with van der Waals surface area (Å²) < 4.78 is 5.14. The molecule has 1 fully saturated rings. The SMILES string of the molecule is COc1ccc(CNC(=O)N2CCN(Cc3ccccc3)CC2)cc1. The maximum atomic E-state index is 12.3. The average Bonchev–Trinajstić information content (AvgIpc) is 2.68. The lowest BCUT2D eigenvalue weighted by molar-refractivity contribution is 0.135. The van der Waals surface area contributed by atoms with Crippen LogP contribution >= 0.6 is 0 Å². The standard InChI is InChI=1S/C20H25N3O2/c1-25-19-9-7-17(8-10-19)15-21-20(24)23-13-11-22(12-14-23)16-18-5-3-2-4-6-18/h2-10H,11-16H2,1H3,(H,21,24). The van der Waals surface area contributed by atoms with Gasteiger partial charge in [-0.15, -0.1) is 0 Å². The Balaban J connectivity index is 1.41. The van der Waals surface area contributed by atoms with Crippen molar-refractivity contribution in [3.8, 4) is 5.75 Å². The normalized spacial score (nSPS) is 15.0. The molecule has 1 aliphatic heterocycles. The van der Waals surface area contributed by atoms with E-state index in [0.29, 0.717) is 6.54 Å². The lowest BCUT2D eigenvalue weighted by atomic mass is 10.2. The Morgan fingerprint density at radius 1 is 0.960 bits per heavy atom. The van der Waals surface area contributed by atoms with Gasteiger partial charge in [-0.3, -0.25) is 4.90 Å². The van der Waals surface area contributed by atoms with Crippen LogP contribution in [0.15, 0.2) is 54.6 Å². The summed E-state index contributed by atoms with van der Waals surface area (Å²) in [6.45, 7) is 4.83. The van der Waals surface area contributed by atoms with E-state index < -0.39 is 0 Å². The second-order valence-corrected chi connectivity index (χ2v) is 6.26. The van der Waals surface area contributed by atoms with Crippen LogP contribution in [-0.2, 0) is 13.1 Å². The maximum absolute atomic E-state index is 12.3. The molecule has 1 aliphatic rings. The molecule has 2 aromatic carbocycles. The van der Waals surface area contributed by atoms with Gasteiger partial charge in [-0.2, -0.15) is 0 Å². The second-order valence-electron chi connectivity index (χ2n) is 6.26. The molecule has 132 valence electrons. The van der Waals surface area contributed by atoms with Gasteiger partial charge in [0.1, 0.15) is 5.75 Å². The molecule has 2 aromatic rings. The van der Waals surface area contributed by atoms with Crippen molar-refractivity contribution in [2.75, 3.05) is 33.3 Å². The molecule has 0 saturated carbocycles. The Morgan fingerprint density at radius 2 is 1.64 bits per heavy atom. The Bertz CT molecular complexity index is 665. The number of amides is 2. The predicted octanol–water partition coefficient (Wildman–Crippen LogP) is 2.72. The zero-order valence-corrected chi connectivity index (χ0v) is 14.6. The van der Waals surface area contributed by atoms with Gasteiger partial charge in [0, 0.05) is 39.3 Å². The van der Waals surface area contributed by atoms with Crippen molar-refractivity contribution in [3.63, 3.8) is 0 Å². The molecule has 25 heavy (non-hydrogen) atoms. The average molecular weight is 339 g/mol. The minimum Gasteiger partial charge on any atom is -0.497 e. The number of nitrogens with one attached hydrogen (secondary N) is 1. The van der Waals surface area contributed by atoms with E-state index in [4.69, 9.17) is 4.74 Å². The number of ether oxygens (including phenoxy) is 1. The van der Waals surface area contributed by atoms with E-state index in [1.807, 2.05) is 35.2 Å². The van der Waals surface area contributed by atoms with Crippen LogP contribution in [0.3, 0.4) is 0 Å². The van der Waals surface area contributed by atoms with Gasteiger partial charge in [0.25, 0.3) is 0 Å². The molecule has 3 rings (SSSR count). The van der Waals surface area contributed by atoms with Crippen molar-refractivity contribution < 1.29 is 9.53 Å². The molecule has 0 aliphatic carbocycles. The summed E-state index contributed by atoms with van der Waals surface area (Å²) in [4.78, 5) is 16.6. The Labute approximate surface area is 149 Å². The molecule has 5 nitrogen and oxygen atoms in total. The van der Waals surface area contributed by atoms with Crippen LogP contribution in [0.4, 0.5) is 4.79 Å². The van der Waals surface area contributed by atoms with E-state index in [-0.39, 0.29) is 6.03 Å². The largest absolute Gasteiger partial charge is 0.497 e. The molecular formula is C20H25N3O2. The van der Waals surface area contributed by atoms with Crippen LogP contribution in [0, 0.1) is 0 Å². The number of urea groups is 1. The molecule has 1 N–H and O–H groups in total. The van der Waals surface area contributed by atoms with E-state index in [0.717, 1.165) is 44.0 Å². The molecule has 1 saturated heterocycles. The number of rotatable bonds is 5. The van der Waals surface area contributed by atoms with Crippen LogP contribution in [0.25, 0.3) is 0 Å². The molecular weight excluding hydrogens is 314 g/mol. The summed E-state index contributed by atoms with van der Waals surface area (Å²) in [5.74, 6) is 0.824. The first-order chi connectivity index (χ1) is 12.2. The number of methoxy groups -OCH3 is 1. The molecule has 0 unspecified atom stereocenters. The minimum absolute atomic E-state index is 0.00943. The number of piperazine rings is 1. The molecule has 0 radical (unpaired) electrons. The highest BCUT2D eigenvalue weighted by Gasteiger charge is 2.20. The molecule has 0 bridgehead atoms. The zero-order valence-electron chi connectivity index (χ0n) is 14.6. The summed E-state index contributed by atoms with van der Waals surface area (Å²) in [5.41, 5.74) is 2.39. The molecule has 5 heteroatoms. The van der Waals surface area contributed by atoms with Gasteiger partial charge in [-0.1, -0.05) is 42.5 Å². The third-order valence-electron chi connectivity index (χ3n) is 4.51. The number of nitrogens with zero attached hydrogens (tertiary/aromatic N) is 2. The van der Waals surface area contributed by atoms with Crippen molar-refractivity contribution >= 4 is 6.03 Å². The number of hydrogen-bond acceptors (Lipinski definition) is 3. The van der Waals surface area contributed by atoms with Gasteiger partial charge >= 0.3 is 6.03 Å². The third-order valence-corrected chi connectivity index (χ3v) is 4.51. The summed E-state index contributed by atoms with van der Waals surface area (Å²) in [5, 5.41) is 3.00. The quantitative estimate of drug-likeness (QED) is 0.911. The lowest BCUT2D eigenvalue weighted by Crippen LogP contribution is -2.51. The Hall–Kier alpha value is -2.53. The van der Waals surface area contributed by atoms with E-state index in [1.165, 1.54) is 5.56 Å². The minimum atomic E-state index is 0.00943. The number of hydrogen-bond donors (Lipinski definition) is 1. The first-order valence-electron chi connectivity index (χ1n) is 8.66. The Kier molecular flexibility index (Phi) is 5.90. The van der Waals surface area contributed by atoms with Crippen molar-refractivity contribution in [3.05, 3.63) is 65.7 Å². The van der Waals surface area contributed by atoms with Gasteiger partial charge < -0.3 is 15.0 Å². The van der Waals surface area contributed by atoms with Crippen molar-refractivity contribution in [1.82, 2.24) is 15.1 Å². The van der Waals surface area contributed by atoms with Gasteiger partial charge in [-0.25, -0.2) is 4.79 Å². The summed E-state index contributed by atoms with van der Waals surface area (Å²) in [6.07, 6.45) is 0. The highest BCUT2D eigenvalue weighted by molar-refractivity contribution is 5.74. The number of carbonyl (C=O) groups excluding carboxylic acids is 1.